The highest BCUT2D eigenvalue weighted by molar-refractivity contribution is 7.80. The summed E-state index contributed by atoms with van der Waals surface area (Å²) in [4.78, 5) is 15.4. The van der Waals surface area contributed by atoms with Gasteiger partial charge in [0.25, 0.3) is 0 Å². The van der Waals surface area contributed by atoms with Crippen molar-refractivity contribution >= 4 is 23.4 Å². The first-order valence-corrected chi connectivity index (χ1v) is 13.2. The second-order valence-electron chi connectivity index (χ2n) is 11.0. The number of nitrogens with zero attached hydrogens (tertiary/aromatic N) is 1. The van der Waals surface area contributed by atoms with Crippen LogP contribution in [0.5, 0.6) is 0 Å². The molecule has 174 valence electrons. The second kappa shape index (κ2) is 9.05. The minimum Gasteiger partial charge on any atom is -0.382 e. The Morgan fingerprint density at radius 2 is 1.65 bits per heavy atom. The number of amides is 2. The molecule has 1 unspecified atom stereocenters. The molecule has 0 aromatic carbocycles. The Bertz CT molecular complexity index is 637. The lowest BCUT2D eigenvalue weighted by molar-refractivity contribution is -0.0138. The number of fused-ring (bicyclic) bond motifs is 2. The van der Waals surface area contributed by atoms with Crippen LogP contribution in [-0.4, -0.2) is 59.5 Å². The first kappa shape index (κ1) is 21.7. The topological polar surface area (TPSA) is 65.6 Å². The number of nitrogens with one attached hydrogen (secondary N) is 3. The minimum atomic E-state index is 0.0800. The number of carbonyl (C=O) groups is 1. The van der Waals surface area contributed by atoms with Gasteiger partial charge in [0.05, 0.1) is 0 Å². The van der Waals surface area contributed by atoms with Crippen LogP contribution >= 0.6 is 12.2 Å². The van der Waals surface area contributed by atoms with Gasteiger partial charge in [-0.05, 0) is 108 Å². The molecule has 6 fully saturated rings. The number of piperidine rings is 1. The Balaban J connectivity index is 1.09. The minimum absolute atomic E-state index is 0.0800. The van der Waals surface area contributed by atoms with Crippen LogP contribution in [0.15, 0.2) is 0 Å². The standard InChI is InChI=1S/C24H40N4O2S/c1-2-30-7-3-6-25-23(31)28-20-4-5-21(28)12-19(11-20)26-22(29)27-24-13-16-8-17(14-24)10-18(9-16)15-24/h16-21H,2-15H2,1H3,(H,25,31)(H2,26,27,29)/t16?,17?,18?,19?,20-,21+,24?. The van der Waals surface area contributed by atoms with Gasteiger partial charge < -0.3 is 25.6 Å². The molecule has 0 radical (unpaired) electrons. The number of thiocarbonyl (C=S) groups is 1. The Hall–Kier alpha value is -1.08. The number of carbonyl (C=O) groups excluding carboxylic acids is 1. The van der Waals surface area contributed by atoms with Crippen molar-refractivity contribution in [3.63, 3.8) is 0 Å². The van der Waals surface area contributed by atoms with Gasteiger partial charge in [0.2, 0.25) is 0 Å². The molecular formula is C24H40N4O2S. The smallest absolute Gasteiger partial charge is 0.315 e. The Kier molecular flexibility index (Phi) is 6.35. The van der Waals surface area contributed by atoms with Crippen molar-refractivity contribution in [2.24, 2.45) is 17.8 Å². The van der Waals surface area contributed by atoms with Gasteiger partial charge >= 0.3 is 6.03 Å². The van der Waals surface area contributed by atoms with Crippen LogP contribution < -0.4 is 16.0 Å². The lowest BCUT2D eigenvalue weighted by atomic mass is 9.53. The highest BCUT2D eigenvalue weighted by atomic mass is 32.1. The van der Waals surface area contributed by atoms with Crippen LogP contribution in [0.2, 0.25) is 0 Å². The quantitative estimate of drug-likeness (QED) is 0.411. The third kappa shape index (κ3) is 4.68. The molecule has 7 heteroatoms. The third-order valence-electron chi connectivity index (χ3n) is 8.67. The van der Waals surface area contributed by atoms with Gasteiger partial charge in [-0.25, -0.2) is 4.79 Å². The molecule has 0 spiro atoms. The van der Waals surface area contributed by atoms with Crippen LogP contribution in [0.4, 0.5) is 4.79 Å². The molecular weight excluding hydrogens is 408 g/mol. The zero-order valence-corrected chi connectivity index (χ0v) is 19.9. The zero-order chi connectivity index (χ0) is 21.4. The highest BCUT2D eigenvalue weighted by Gasteiger charge is 2.52. The van der Waals surface area contributed by atoms with E-state index in [1.54, 1.807) is 0 Å². The molecule has 3 atom stereocenters. The maximum atomic E-state index is 13.0. The molecule has 2 saturated heterocycles. The van der Waals surface area contributed by atoms with E-state index < -0.39 is 0 Å². The van der Waals surface area contributed by atoms with Gasteiger partial charge in [-0.1, -0.05) is 0 Å². The monoisotopic (exact) mass is 448 g/mol. The summed E-state index contributed by atoms with van der Waals surface area (Å²) < 4.78 is 5.41. The molecule has 4 aliphatic carbocycles. The normalized spacial score (nSPS) is 40.1. The van der Waals surface area contributed by atoms with Gasteiger partial charge in [0.15, 0.2) is 5.11 Å². The fraction of sp³-hybridized carbons (Fsp3) is 0.917. The van der Waals surface area contributed by atoms with E-state index >= 15 is 0 Å². The van der Waals surface area contributed by atoms with Gasteiger partial charge in [-0.2, -0.15) is 0 Å². The second-order valence-corrected chi connectivity index (χ2v) is 11.4. The lowest BCUT2D eigenvalue weighted by Crippen LogP contribution is -2.63. The SMILES string of the molecule is CCOCCCNC(=S)N1[C@@H]2CC[C@H]1CC(NC(=O)NC13CC4CC(CC(C4)C1)C3)C2. The largest absolute Gasteiger partial charge is 0.382 e. The predicted molar refractivity (Wildman–Crippen MR) is 126 cm³/mol. The first-order valence-electron chi connectivity index (χ1n) is 12.8. The summed E-state index contributed by atoms with van der Waals surface area (Å²) >= 11 is 5.72. The number of urea groups is 1. The lowest BCUT2D eigenvalue weighted by Gasteiger charge is -2.56. The van der Waals surface area contributed by atoms with E-state index in [2.05, 4.69) is 20.9 Å². The van der Waals surface area contributed by atoms with E-state index in [-0.39, 0.29) is 17.6 Å². The van der Waals surface area contributed by atoms with Crippen LogP contribution in [0.25, 0.3) is 0 Å². The van der Waals surface area contributed by atoms with E-state index in [1.807, 2.05) is 6.92 Å². The fourth-order valence-corrected chi connectivity index (χ4v) is 8.36. The van der Waals surface area contributed by atoms with Gasteiger partial charge in [0.1, 0.15) is 0 Å². The molecule has 6 bridgehead atoms. The molecule has 6 rings (SSSR count). The summed E-state index contributed by atoms with van der Waals surface area (Å²) in [6.07, 6.45) is 13.2. The van der Waals surface area contributed by atoms with E-state index in [4.69, 9.17) is 17.0 Å². The summed E-state index contributed by atoms with van der Waals surface area (Å²) in [5, 5.41) is 11.2. The maximum absolute atomic E-state index is 13.0. The average Bonchev–Trinajstić information content (AvgIpc) is 2.97. The molecule has 0 aromatic heterocycles. The first-order chi connectivity index (χ1) is 15.0. The van der Waals surface area contributed by atoms with E-state index in [1.165, 1.54) is 51.4 Å². The summed E-state index contributed by atoms with van der Waals surface area (Å²) in [6.45, 7) is 4.44. The molecule has 2 heterocycles. The van der Waals surface area contributed by atoms with Crippen molar-refractivity contribution in [2.45, 2.75) is 101 Å². The molecule has 2 amide bonds. The van der Waals surface area contributed by atoms with Crippen molar-refractivity contribution in [3.05, 3.63) is 0 Å². The maximum Gasteiger partial charge on any atom is 0.315 e. The Labute approximate surface area is 192 Å². The number of ether oxygens (including phenoxy) is 1. The van der Waals surface area contributed by atoms with Gasteiger partial charge in [-0.15, -0.1) is 0 Å². The van der Waals surface area contributed by atoms with Crippen LogP contribution in [0.3, 0.4) is 0 Å². The Morgan fingerprint density at radius 1 is 1.03 bits per heavy atom. The molecule has 6 nitrogen and oxygen atoms in total. The Morgan fingerprint density at radius 3 is 2.23 bits per heavy atom. The third-order valence-corrected chi connectivity index (χ3v) is 9.02. The van der Waals surface area contributed by atoms with E-state index in [0.29, 0.717) is 12.1 Å². The number of hydrogen-bond donors (Lipinski definition) is 3. The van der Waals surface area contributed by atoms with Gasteiger partial charge in [-0.3, -0.25) is 0 Å². The van der Waals surface area contributed by atoms with Crippen LogP contribution in [0, 0.1) is 17.8 Å². The average molecular weight is 449 g/mol. The molecule has 4 saturated carbocycles. The predicted octanol–water partition coefficient (Wildman–Crippen LogP) is 3.55. The van der Waals surface area contributed by atoms with Gasteiger partial charge in [0, 0.05) is 43.4 Å². The molecule has 6 aliphatic rings. The molecule has 31 heavy (non-hydrogen) atoms. The highest BCUT2D eigenvalue weighted by Crippen LogP contribution is 2.55. The number of rotatable bonds is 7. The zero-order valence-electron chi connectivity index (χ0n) is 19.0. The van der Waals surface area contributed by atoms with Crippen LogP contribution in [0.1, 0.15) is 77.6 Å². The van der Waals surface area contributed by atoms with Crippen LogP contribution in [-0.2, 0) is 4.74 Å². The number of hydrogen-bond acceptors (Lipinski definition) is 3. The molecule has 2 aliphatic heterocycles. The summed E-state index contributed by atoms with van der Waals surface area (Å²) in [5.74, 6) is 2.56. The fourth-order valence-electron chi connectivity index (χ4n) is 7.96. The molecule has 3 N–H and O–H groups in total. The van der Waals surface area contributed by atoms with Crippen molar-refractivity contribution in [1.29, 1.82) is 0 Å². The van der Waals surface area contributed by atoms with E-state index in [0.717, 1.165) is 61.9 Å². The van der Waals surface area contributed by atoms with Crippen molar-refractivity contribution in [2.75, 3.05) is 19.8 Å². The summed E-state index contributed by atoms with van der Waals surface area (Å²) in [7, 11) is 0. The van der Waals surface area contributed by atoms with Crippen molar-refractivity contribution < 1.29 is 9.53 Å². The summed E-state index contributed by atoms with van der Waals surface area (Å²) in [5.41, 5.74) is 0.0888. The molecule has 0 aromatic rings. The van der Waals surface area contributed by atoms with E-state index in [9.17, 15) is 4.79 Å². The summed E-state index contributed by atoms with van der Waals surface area (Å²) in [6, 6.07) is 1.26. The van der Waals surface area contributed by atoms with Crippen molar-refractivity contribution in [1.82, 2.24) is 20.9 Å². The van der Waals surface area contributed by atoms with Crippen molar-refractivity contribution in [3.8, 4) is 0 Å².